The van der Waals surface area contributed by atoms with Gasteiger partial charge in [0.1, 0.15) is 0 Å². The average Bonchev–Trinajstić information content (AvgIpc) is 2.03. The second-order valence-electron chi connectivity index (χ2n) is 2.40. The molecule has 6 heteroatoms. The van der Waals surface area contributed by atoms with Crippen molar-refractivity contribution in [2.75, 3.05) is 0 Å². The Balaban J connectivity index is 3.31. The molecule has 0 bridgehead atoms. The number of rotatable bonds is 2. The first-order chi connectivity index (χ1) is 6.06. The number of halogens is 3. The zero-order chi connectivity index (χ0) is 10.0. The van der Waals surface area contributed by atoms with E-state index in [0.29, 0.717) is 0 Å². The third-order valence-corrected chi connectivity index (χ3v) is 1.55. The van der Waals surface area contributed by atoms with Crippen LogP contribution in [-0.4, -0.2) is 4.98 Å². The van der Waals surface area contributed by atoms with Crippen LogP contribution in [0.15, 0.2) is 10.9 Å². The van der Waals surface area contributed by atoms with Crippen molar-refractivity contribution in [1.29, 1.82) is 0 Å². The molecule has 0 amide bonds. The summed E-state index contributed by atoms with van der Waals surface area (Å²) in [4.78, 5) is 12.4. The summed E-state index contributed by atoms with van der Waals surface area (Å²) in [6, 6.07) is 0.777. The van der Waals surface area contributed by atoms with Gasteiger partial charge in [0, 0.05) is 12.1 Å². The molecule has 0 atom stereocenters. The van der Waals surface area contributed by atoms with Crippen LogP contribution >= 0.6 is 0 Å². The Kier molecular flexibility index (Phi) is 2.72. The lowest BCUT2D eigenvalue weighted by molar-refractivity contribution is 0.149. The molecule has 0 saturated heterocycles. The van der Waals surface area contributed by atoms with Crippen molar-refractivity contribution in [2.45, 2.75) is 13.0 Å². The van der Waals surface area contributed by atoms with Gasteiger partial charge < -0.3 is 5.73 Å². The molecule has 1 rings (SSSR count). The second kappa shape index (κ2) is 3.61. The maximum Gasteiger partial charge on any atom is 0.269 e. The Hall–Kier alpha value is -1.30. The van der Waals surface area contributed by atoms with Crippen molar-refractivity contribution in [1.82, 2.24) is 4.98 Å². The number of H-pyrrole nitrogens is 1. The van der Waals surface area contributed by atoms with Crippen molar-refractivity contribution >= 4 is 0 Å². The van der Waals surface area contributed by atoms with E-state index in [1.165, 1.54) is 0 Å². The molecule has 0 unspecified atom stereocenters. The zero-order valence-electron chi connectivity index (χ0n) is 6.48. The lowest BCUT2D eigenvalue weighted by Crippen LogP contribution is -2.17. The van der Waals surface area contributed by atoms with Crippen LogP contribution in [0.3, 0.4) is 0 Å². The van der Waals surface area contributed by atoms with Crippen LogP contribution in [0.2, 0.25) is 0 Å². The minimum Gasteiger partial charge on any atom is -0.326 e. The largest absolute Gasteiger partial charge is 0.326 e. The highest BCUT2D eigenvalue weighted by molar-refractivity contribution is 5.20. The maximum absolute atomic E-state index is 12.7. The fourth-order valence-corrected chi connectivity index (χ4v) is 0.879. The number of hydrogen-bond donors (Lipinski definition) is 2. The van der Waals surface area contributed by atoms with Gasteiger partial charge >= 0.3 is 0 Å². The van der Waals surface area contributed by atoms with E-state index in [1.807, 2.05) is 0 Å². The van der Waals surface area contributed by atoms with E-state index < -0.39 is 23.5 Å². The normalized spacial score (nSPS) is 10.8. The van der Waals surface area contributed by atoms with Gasteiger partial charge in [-0.05, 0) is 6.07 Å². The standard InChI is InChI=1S/C7H7F3N2O/c8-5(9)4-1-3(2-11)6(10)12-7(4)13/h1,5H,2,11H2,(H,12,13). The molecule has 3 N–H and O–H groups in total. The molecule has 1 aromatic rings. The van der Waals surface area contributed by atoms with Crippen molar-refractivity contribution < 1.29 is 13.2 Å². The number of aromatic nitrogens is 1. The van der Waals surface area contributed by atoms with Gasteiger partial charge in [-0.2, -0.15) is 4.39 Å². The molecule has 0 saturated carbocycles. The second-order valence-corrected chi connectivity index (χ2v) is 2.40. The third kappa shape index (κ3) is 1.89. The minimum atomic E-state index is -2.92. The lowest BCUT2D eigenvalue weighted by Gasteiger charge is -2.02. The molecule has 13 heavy (non-hydrogen) atoms. The molecular formula is C7H7F3N2O. The molecule has 0 fully saturated rings. The van der Waals surface area contributed by atoms with Crippen LogP contribution in [0, 0.1) is 5.95 Å². The maximum atomic E-state index is 12.7. The van der Waals surface area contributed by atoms with E-state index >= 15 is 0 Å². The lowest BCUT2D eigenvalue weighted by atomic mass is 10.2. The van der Waals surface area contributed by atoms with Crippen molar-refractivity contribution in [3.05, 3.63) is 33.5 Å². The van der Waals surface area contributed by atoms with Crippen molar-refractivity contribution in [3.8, 4) is 0 Å². The van der Waals surface area contributed by atoms with Crippen LogP contribution in [0.1, 0.15) is 17.6 Å². The van der Waals surface area contributed by atoms with E-state index in [4.69, 9.17) is 5.73 Å². The number of aromatic amines is 1. The fraction of sp³-hybridized carbons (Fsp3) is 0.286. The first-order valence-corrected chi connectivity index (χ1v) is 3.46. The smallest absolute Gasteiger partial charge is 0.269 e. The number of pyridine rings is 1. The van der Waals surface area contributed by atoms with Crippen LogP contribution in [0.5, 0.6) is 0 Å². The van der Waals surface area contributed by atoms with E-state index in [-0.39, 0.29) is 12.1 Å². The number of nitrogens with two attached hydrogens (primary N) is 1. The number of alkyl halides is 2. The summed E-state index contributed by atoms with van der Waals surface area (Å²) < 4.78 is 36.9. The molecule has 0 radical (unpaired) electrons. The van der Waals surface area contributed by atoms with Gasteiger partial charge in [0.05, 0.1) is 5.56 Å². The predicted octanol–water partition coefficient (Wildman–Crippen LogP) is 0.910. The highest BCUT2D eigenvalue weighted by atomic mass is 19.3. The van der Waals surface area contributed by atoms with Crippen molar-refractivity contribution in [3.63, 3.8) is 0 Å². The quantitative estimate of drug-likeness (QED) is 0.684. The Morgan fingerprint density at radius 1 is 1.54 bits per heavy atom. The van der Waals surface area contributed by atoms with Crippen LogP contribution in [0.4, 0.5) is 13.2 Å². The summed E-state index contributed by atoms with van der Waals surface area (Å²) >= 11 is 0. The van der Waals surface area contributed by atoms with E-state index in [2.05, 4.69) is 0 Å². The van der Waals surface area contributed by atoms with Gasteiger partial charge in [-0.3, -0.25) is 9.78 Å². The Labute approximate surface area is 71.4 Å². The molecule has 0 spiro atoms. The first-order valence-electron chi connectivity index (χ1n) is 3.46. The van der Waals surface area contributed by atoms with Gasteiger partial charge in [-0.25, -0.2) is 8.78 Å². The molecule has 0 aromatic carbocycles. The molecule has 1 aromatic heterocycles. The molecule has 0 aliphatic rings. The Morgan fingerprint density at radius 2 is 2.15 bits per heavy atom. The topological polar surface area (TPSA) is 58.9 Å². The molecule has 1 heterocycles. The van der Waals surface area contributed by atoms with Gasteiger partial charge in [0.15, 0.2) is 5.95 Å². The van der Waals surface area contributed by atoms with Gasteiger partial charge in [-0.15, -0.1) is 0 Å². The van der Waals surface area contributed by atoms with Crippen molar-refractivity contribution in [2.24, 2.45) is 5.73 Å². The average molecular weight is 192 g/mol. The van der Waals surface area contributed by atoms with Gasteiger partial charge in [0.25, 0.3) is 12.0 Å². The summed E-state index contributed by atoms with van der Waals surface area (Å²) in [5.41, 5.74) is 3.05. The first kappa shape index (κ1) is 9.79. The fourth-order valence-electron chi connectivity index (χ4n) is 0.879. The van der Waals surface area contributed by atoms with E-state index in [0.717, 1.165) is 6.07 Å². The van der Waals surface area contributed by atoms with E-state index in [1.54, 1.807) is 4.98 Å². The summed E-state index contributed by atoms with van der Waals surface area (Å²) in [5, 5.41) is 0. The molecule has 72 valence electrons. The Morgan fingerprint density at radius 3 is 2.62 bits per heavy atom. The SMILES string of the molecule is NCc1cc(C(F)F)c(=O)[nH]c1F. The summed E-state index contributed by atoms with van der Waals surface area (Å²) in [6.07, 6.45) is -2.92. The van der Waals surface area contributed by atoms with Gasteiger partial charge in [-0.1, -0.05) is 0 Å². The Bertz CT molecular complexity index is 361. The minimum absolute atomic E-state index is 0.130. The zero-order valence-corrected chi connectivity index (χ0v) is 6.48. The predicted molar refractivity (Wildman–Crippen MR) is 39.9 cm³/mol. The third-order valence-electron chi connectivity index (χ3n) is 1.55. The summed E-state index contributed by atoms with van der Waals surface area (Å²) in [5.74, 6) is -0.961. The van der Waals surface area contributed by atoms with E-state index in [9.17, 15) is 18.0 Å². The molecule has 3 nitrogen and oxygen atoms in total. The number of nitrogens with one attached hydrogen (secondary N) is 1. The van der Waals surface area contributed by atoms with Crippen LogP contribution in [-0.2, 0) is 6.54 Å². The van der Waals surface area contributed by atoms with Crippen LogP contribution in [0.25, 0.3) is 0 Å². The molecular weight excluding hydrogens is 185 g/mol. The highest BCUT2D eigenvalue weighted by Crippen LogP contribution is 2.15. The summed E-state index contributed by atoms with van der Waals surface area (Å²) in [6.45, 7) is -0.234. The monoisotopic (exact) mass is 192 g/mol. The van der Waals surface area contributed by atoms with Gasteiger partial charge in [0.2, 0.25) is 0 Å². The summed E-state index contributed by atoms with van der Waals surface area (Å²) in [7, 11) is 0. The number of hydrogen-bond acceptors (Lipinski definition) is 2. The molecule has 0 aliphatic carbocycles. The van der Waals surface area contributed by atoms with Crippen LogP contribution < -0.4 is 11.3 Å². The molecule has 0 aliphatic heterocycles. The highest BCUT2D eigenvalue weighted by Gasteiger charge is 2.14.